The van der Waals surface area contributed by atoms with Gasteiger partial charge < -0.3 is 15.5 Å². The van der Waals surface area contributed by atoms with Gasteiger partial charge in [-0.05, 0) is 31.9 Å². The second-order valence-electron chi connectivity index (χ2n) is 5.28. The molecule has 0 aliphatic carbocycles. The summed E-state index contributed by atoms with van der Waals surface area (Å²) in [5.74, 6) is -0.0456. The van der Waals surface area contributed by atoms with Crippen molar-refractivity contribution in [2.24, 2.45) is 0 Å². The number of hydrogen-bond donors (Lipinski definition) is 2. The van der Waals surface area contributed by atoms with Crippen LogP contribution in [0.25, 0.3) is 0 Å². The Morgan fingerprint density at radius 2 is 1.95 bits per heavy atom. The van der Waals surface area contributed by atoms with Crippen molar-refractivity contribution in [2.75, 3.05) is 18.4 Å². The van der Waals surface area contributed by atoms with Crippen molar-refractivity contribution in [3.63, 3.8) is 0 Å². The van der Waals surface area contributed by atoms with Crippen LogP contribution in [-0.2, 0) is 4.79 Å². The Bertz CT molecular complexity index is 484. The topological polar surface area (TPSA) is 61.4 Å². The second kappa shape index (κ2) is 6.41. The fourth-order valence-corrected chi connectivity index (χ4v) is 2.41. The Balaban J connectivity index is 1.91. The molecule has 2 rings (SSSR count). The molecule has 5 heteroatoms. The number of aryl methyl sites for hydroxylation is 1. The normalized spacial score (nSPS) is 18.5. The van der Waals surface area contributed by atoms with Crippen molar-refractivity contribution in [2.45, 2.75) is 32.7 Å². The number of carbonyl (C=O) groups excluding carboxylic acids is 2. The summed E-state index contributed by atoms with van der Waals surface area (Å²) in [5.41, 5.74) is 1.95. The SMILES string of the molecule is CC(=O)NC1CCCN(C(=O)Nc2ccc(C)cc2)C1. The molecule has 1 fully saturated rings. The molecular weight excluding hydrogens is 254 g/mol. The molecule has 0 saturated carbocycles. The van der Waals surface area contributed by atoms with E-state index in [0.29, 0.717) is 6.54 Å². The molecule has 20 heavy (non-hydrogen) atoms. The van der Waals surface area contributed by atoms with Gasteiger partial charge in [-0.1, -0.05) is 17.7 Å². The predicted molar refractivity (Wildman–Crippen MR) is 78.6 cm³/mol. The molecular formula is C15H21N3O2. The third kappa shape index (κ3) is 3.98. The molecule has 0 radical (unpaired) electrons. The molecule has 5 nitrogen and oxygen atoms in total. The lowest BCUT2D eigenvalue weighted by molar-refractivity contribution is -0.119. The minimum Gasteiger partial charge on any atom is -0.352 e. The van der Waals surface area contributed by atoms with Crippen LogP contribution in [0.15, 0.2) is 24.3 Å². The molecule has 2 N–H and O–H groups in total. The molecule has 1 aliphatic heterocycles. The Morgan fingerprint density at radius 1 is 1.25 bits per heavy atom. The molecule has 1 saturated heterocycles. The molecule has 1 aromatic carbocycles. The van der Waals surface area contributed by atoms with E-state index in [4.69, 9.17) is 0 Å². The van der Waals surface area contributed by atoms with Gasteiger partial charge in [-0.15, -0.1) is 0 Å². The van der Waals surface area contributed by atoms with E-state index in [9.17, 15) is 9.59 Å². The van der Waals surface area contributed by atoms with Crippen molar-refractivity contribution in [1.29, 1.82) is 0 Å². The molecule has 1 unspecified atom stereocenters. The summed E-state index contributed by atoms with van der Waals surface area (Å²) in [7, 11) is 0. The summed E-state index contributed by atoms with van der Waals surface area (Å²) in [6.45, 7) is 4.81. The predicted octanol–water partition coefficient (Wildman–Crippen LogP) is 2.13. The molecule has 1 aromatic rings. The number of nitrogens with zero attached hydrogens (tertiary/aromatic N) is 1. The van der Waals surface area contributed by atoms with Gasteiger partial charge in [0.05, 0.1) is 0 Å². The van der Waals surface area contributed by atoms with Gasteiger partial charge in [0.25, 0.3) is 0 Å². The highest BCUT2D eigenvalue weighted by Crippen LogP contribution is 2.14. The van der Waals surface area contributed by atoms with E-state index in [1.54, 1.807) is 4.90 Å². The highest BCUT2D eigenvalue weighted by atomic mass is 16.2. The van der Waals surface area contributed by atoms with E-state index in [0.717, 1.165) is 30.6 Å². The summed E-state index contributed by atoms with van der Waals surface area (Å²) in [5, 5.41) is 5.76. The maximum atomic E-state index is 12.2. The number of anilines is 1. The molecule has 0 spiro atoms. The Morgan fingerprint density at radius 3 is 2.60 bits per heavy atom. The zero-order chi connectivity index (χ0) is 14.5. The third-order valence-corrected chi connectivity index (χ3v) is 3.42. The summed E-state index contributed by atoms with van der Waals surface area (Å²) in [6.07, 6.45) is 1.83. The number of rotatable bonds is 2. The molecule has 108 valence electrons. The van der Waals surface area contributed by atoms with E-state index in [1.807, 2.05) is 31.2 Å². The Kier molecular flexibility index (Phi) is 4.61. The standard InChI is InChI=1S/C15H21N3O2/c1-11-5-7-13(8-6-11)17-15(20)18-9-3-4-14(10-18)16-12(2)19/h5-8,14H,3-4,9-10H2,1-2H3,(H,16,19)(H,17,20). The minimum atomic E-state index is -0.107. The number of carbonyl (C=O) groups is 2. The van der Waals surface area contributed by atoms with Crippen molar-refractivity contribution in [1.82, 2.24) is 10.2 Å². The smallest absolute Gasteiger partial charge is 0.321 e. The summed E-state index contributed by atoms with van der Waals surface area (Å²) >= 11 is 0. The van der Waals surface area contributed by atoms with Crippen LogP contribution in [-0.4, -0.2) is 36.0 Å². The highest BCUT2D eigenvalue weighted by Gasteiger charge is 2.23. The van der Waals surface area contributed by atoms with E-state index in [2.05, 4.69) is 10.6 Å². The molecule has 0 bridgehead atoms. The Labute approximate surface area is 119 Å². The lowest BCUT2D eigenvalue weighted by atomic mass is 10.1. The summed E-state index contributed by atoms with van der Waals surface area (Å²) < 4.78 is 0. The van der Waals surface area contributed by atoms with Crippen LogP contribution in [0.4, 0.5) is 10.5 Å². The maximum Gasteiger partial charge on any atom is 0.321 e. The Hall–Kier alpha value is -2.04. The van der Waals surface area contributed by atoms with Crippen LogP contribution in [0.2, 0.25) is 0 Å². The van der Waals surface area contributed by atoms with Gasteiger partial charge in [0.1, 0.15) is 0 Å². The molecule has 1 atom stereocenters. The lowest BCUT2D eigenvalue weighted by Gasteiger charge is -2.33. The number of hydrogen-bond acceptors (Lipinski definition) is 2. The number of piperidine rings is 1. The van der Waals surface area contributed by atoms with Crippen molar-refractivity contribution >= 4 is 17.6 Å². The second-order valence-corrected chi connectivity index (χ2v) is 5.28. The summed E-state index contributed by atoms with van der Waals surface area (Å²) in [6, 6.07) is 7.66. The van der Waals surface area contributed by atoms with Gasteiger partial charge in [0.15, 0.2) is 0 Å². The number of likely N-dealkylation sites (tertiary alicyclic amines) is 1. The number of amides is 3. The van der Waals surface area contributed by atoms with Crippen LogP contribution in [0, 0.1) is 6.92 Å². The molecule has 1 heterocycles. The van der Waals surface area contributed by atoms with Crippen molar-refractivity contribution in [3.8, 4) is 0 Å². The van der Waals surface area contributed by atoms with Crippen LogP contribution in [0.3, 0.4) is 0 Å². The lowest BCUT2D eigenvalue weighted by Crippen LogP contribution is -2.50. The first-order valence-electron chi connectivity index (χ1n) is 6.94. The van der Waals surface area contributed by atoms with Crippen LogP contribution in [0.5, 0.6) is 0 Å². The van der Waals surface area contributed by atoms with Crippen molar-refractivity contribution < 1.29 is 9.59 Å². The quantitative estimate of drug-likeness (QED) is 0.868. The van der Waals surface area contributed by atoms with Gasteiger partial charge in [-0.3, -0.25) is 4.79 Å². The van der Waals surface area contributed by atoms with Gasteiger partial charge in [0, 0.05) is 31.7 Å². The average Bonchev–Trinajstić information content (AvgIpc) is 2.41. The zero-order valence-corrected chi connectivity index (χ0v) is 12.0. The van der Waals surface area contributed by atoms with Crippen LogP contribution >= 0.6 is 0 Å². The van der Waals surface area contributed by atoms with E-state index in [-0.39, 0.29) is 18.0 Å². The van der Waals surface area contributed by atoms with E-state index < -0.39 is 0 Å². The number of benzene rings is 1. The zero-order valence-electron chi connectivity index (χ0n) is 12.0. The number of nitrogens with one attached hydrogen (secondary N) is 2. The first-order valence-corrected chi connectivity index (χ1v) is 6.94. The molecule has 0 aromatic heterocycles. The largest absolute Gasteiger partial charge is 0.352 e. The van der Waals surface area contributed by atoms with Crippen LogP contribution < -0.4 is 10.6 Å². The van der Waals surface area contributed by atoms with Gasteiger partial charge >= 0.3 is 6.03 Å². The minimum absolute atomic E-state index is 0.0456. The van der Waals surface area contributed by atoms with E-state index >= 15 is 0 Å². The molecule has 1 aliphatic rings. The fourth-order valence-electron chi connectivity index (χ4n) is 2.41. The third-order valence-electron chi connectivity index (χ3n) is 3.42. The van der Waals surface area contributed by atoms with E-state index in [1.165, 1.54) is 6.92 Å². The average molecular weight is 275 g/mol. The van der Waals surface area contributed by atoms with Gasteiger partial charge in [-0.25, -0.2) is 4.79 Å². The van der Waals surface area contributed by atoms with Gasteiger partial charge in [-0.2, -0.15) is 0 Å². The first-order chi connectivity index (χ1) is 9.54. The maximum absolute atomic E-state index is 12.2. The van der Waals surface area contributed by atoms with Crippen molar-refractivity contribution in [3.05, 3.63) is 29.8 Å². The monoisotopic (exact) mass is 275 g/mol. The fraction of sp³-hybridized carbons (Fsp3) is 0.467. The van der Waals surface area contributed by atoms with Gasteiger partial charge in [0.2, 0.25) is 5.91 Å². The highest BCUT2D eigenvalue weighted by molar-refractivity contribution is 5.89. The van der Waals surface area contributed by atoms with Crippen LogP contribution in [0.1, 0.15) is 25.3 Å². The number of urea groups is 1. The summed E-state index contributed by atoms with van der Waals surface area (Å²) in [4.78, 5) is 25.0. The first kappa shape index (κ1) is 14.4. The molecule has 3 amide bonds.